The summed E-state index contributed by atoms with van der Waals surface area (Å²) in [5, 5.41) is 2.71. The molecule has 0 aliphatic heterocycles. The molecule has 0 atom stereocenters. The largest absolute Gasteiger partial charge is 0.466 e. The zero-order valence-corrected chi connectivity index (χ0v) is 13.2. The quantitative estimate of drug-likeness (QED) is 0.492. The second kappa shape index (κ2) is 7.07. The average molecular weight is 341 g/mol. The minimum Gasteiger partial charge on any atom is -0.466 e. The molecule has 1 aromatic carbocycles. The van der Waals surface area contributed by atoms with Crippen molar-refractivity contribution < 1.29 is 27.5 Å². The summed E-state index contributed by atoms with van der Waals surface area (Å²) in [6.07, 6.45) is -0.126. The number of benzene rings is 1. The van der Waals surface area contributed by atoms with Gasteiger partial charge in [0, 0.05) is 12.6 Å². The summed E-state index contributed by atoms with van der Waals surface area (Å²) in [6, 6.07) is 4.92. The van der Waals surface area contributed by atoms with Gasteiger partial charge in [0.1, 0.15) is 0 Å². The maximum Gasteiger partial charge on any atom is 0.416 e. The third-order valence-electron chi connectivity index (χ3n) is 3.98. The first-order valence-corrected chi connectivity index (χ1v) is 7.50. The highest BCUT2D eigenvalue weighted by atomic mass is 19.4. The van der Waals surface area contributed by atoms with Gasteiger partial charge in [-0.2, -0.15) is 13.2 Å². The molecule has 0 radical (unpaired) electrons. The number of hydrogen-bond donors (Lipinski definition) is 1. The zero-order valence-electron chi connectivity index (χ0n) is 13.2. The van der Waals surface area contributed by atoms with Crippen molar-refractivity contribution in [3.63, 3.8) is 0 Å². The number of halogens is 3. The Hall–Kier alpha value is -2.31. The lowest BCUT2D eigenvalue weighted by molar-refractivity contribution is -0.138. The minimum absolute atomic E-state index is 0.284. The first kappa shape index (κ1) is 18.0. The van der Waals surface area contributed by atoms with Crippen molar-refractivity contribution in [3.05, 3.63) is 47.5 Å². The molecule has 1 amide bonds. The monoisotopic (exact) mass is 341 g/mol. The van der Waals surface area contributed by atoms with Gasteiger partial charge < -0.3 is 10.1 Å². The molecule has 0 saturated heterocycles. The van der Waals surface area contributed by atoms with Crippen LogP contribution >= 0.6 is 0 Å². The molecule has 0 spiro atoms. The average Bonchev–Trinajstić information content (AvgIpc) is 3.35. The number of esters is 1. The normalized spacial score (nSPS) is 16.0. The van der Waals surface area contributed by atoms with Crippen LogP contribution in [0.15, 0.2) is 36.4 Å². The molecule has 130 valence electrons. The van der Waals surface area contributed by atoms with Crippen LogP contribution in [-0.4, -0.2) is 25.5 Å². The van der Waals surface area contributed by atoms with Gasteiger partial charge in [-0.15, -0.1) is 0 Å². The van der Waals surface area contributed by atoms with Crippen LogP contribution in [0.5, 0.6) is 0 Å². The molecular formula is C17H18F3NO3. The topological polar surface area (TPSA) is 55.4 Å². The van der Waals surface area contributed by atoms with Gasteiger partial charge in [-0.05, 0) is 30.9 Å². The van der Waals surface area contributed by atoms with Crippen LogP contribution < -0.4 is 5.32 Å². The number of amides is 1. The number of hydrogen-bond acceptors (Lipinski definition) is 3. The Morgan fingerprint density at radius 2 is 2.04 bits per heavy atom. The fraction of sp³-hybridized carbons (Fsp3) is 0.412. The Labute approximate surface area is 137 Å². The van der Waals surface area contributed by atoms with E-state index >= 15 is 0 Å². The minimum atomic E-state index is -4.43. The van der Waals surface area contributed by atoms with Crippen molar-refractivity contribution in [2.24, 2.45) is 0 Å². The van der Waals surface area contributed by atoms with Gasteiger partial charge in [0.05, 0.1) is 18.1 Å². The molecule has 0 heterocycles. The zero-order chi connectivity index (χ0) is 17.8. The summed E-state index contributed by atoms with van der Waals surface area (Å²) < 4.78 is 42.9. The standard InChI is InChI=1S/C17H18F3NO3/c1-24-14(22)7-2-3-10-21-15(23)16(8-9-16)12-5-4-6-13(11-12)17(18,19)20/h2,4-7,11H,3,8-10H2,1H3,(H,21,23)/b7-2+. The molecule has 1 aliphatic rings. The van der Waals surface area contributed by atoms with E-state index in [0.717, 1.165) is 12.1 Å². The number of nitrogens with one attached hydrogen (secondary N) is 1. The predicted octanol–water partition coefficient (Wildman–Crippen LogP) is 2.97. The van der Waals surface area contributed by atoms with Crippen molar-refractivity contribution in [2.75, 3.05) is 13.7 Å². The molecule has 1 saturated carbocycles. The summed E-state index contributed by atoms with van der Waals surface area (Å²) in [5.41, 5.74) is -1.23. The highest BCUT2D eigenvalue weighted by molar-refractivity contribution is 5.91. The number of methoxy groups -OCH3 is 1. The van der Waals surface area contributed by atoms with E-state index in [1.165, 1.54) is 19.3 Å². The third kappa shape index (κ3) is 4.15. The van der Waals surface area contributed by atoms with Crippen LogP contribution in [0.2, 0.25) is 0 Å². The molecule has 1 fully saturated rings. The molecule has 4 nitrogen and oxygen atoms in total. The lowest BCUT2D eigenvalue weighted by Gasteiger charge is -2.17. The van der Waals surface area contributed by atoms with Gasteiger partial charge in [-0.1, -0.05) is 24.3 Å². The third-order valence-corrected chi connectivity index (χ3v) is 3.98. The van der Waals surface area contributed by atoms with E-state index < -0.39 is 23.1 Å². The molecule has 1 aliphatic carbocycles. The van der Waals surface area contributed by atoms with Crippen LogP contribution in [0.4, 0.5) is 13.2 Å². The molecule has 24 heavy (non-hydrogen) atoms. The van der Waals surface area contributed by atoms with Gasteiger partial charge in [0.2, 0.25) is 5.91 Å². The van der Waals surface area contributed by atoms with Crippen LogP contribution in [0.1, 0.15) is 30.4 Å². The summed E-state index contributed by atoms with van der Waals surface area (Å²) >= 11 is 0. The van der Waals surface area contributed by atoms with Crippen LogP contribution in [0.3, 0.4) is 0 Å². The van der Waals surface area contributed by atoms with Crippen molar-refractivity contribution in [3.8, 4) is 0 Å². The van der Waals surface area contributed by atoms with Crippen LogP contribution in [0.25, 0.3) is 0 Å². The smallest absolute Gasteiger partial charge is 0.416 e. The first-order chi connectivity index (χ1) is 11.3. The second-order valence-corrected chi connectivity index (χ2v) is 5.63. The van der Waals surface area contributed by atoms with Crippen molar-refractivity contribution in [1.29, 1.82) is 0 Å². The molecule has 1 N–H and O–H groups in total. The Balaban J connectivity index is 1.97. The Morgan fingerprint density at radius 1 is 1.33 bits per heavy atom. The van der Waals surface area contributed by atoms with Crippen LogP contribution in [0, 0.1) is 0 Å². The Morgan fingerprint density at radius 3 is 2.62 bits per heavy atom. The van der Waals surface area contributed by atoms with Crippen LogP contribution in [-0.2, 0) is 25.9 Å². The van der Waals surface area contributed by atoms with Crippen molar-refractivity contribution in [2.45, 2.75) is 30.9 Å². The molecule has 0 aromatic heterocycles. The first-order valence-electron chi connectivity index (χ1n) is 7.50. The van der Waals surface area contributed by atoms with E-state index in [1.807, 2.05) is 0 Å². The molecule has 7 heteroatoms. The summed E-state index contributed by atoms with van der Waals surface area (Å²) in [5.74, 6) is -0.766. The van der Waals surface area contributed by atoms with Gasteiger partial charge in [0.15, 0.2) is 0 Å². The Kier molecular flexibility index (Phi) is 5.31. The highest BCUT2D eigenvalue weighted by Crippen LogP contribution is 2.49. The van der Waals surface area contributed by atoms with E-state index in [9.17, 15) is 22.8 Å². The molecular weight excluding hydrogens is 323 g/mol. The fourth-order valence-electron chi connectivity index (χ4n) is 2.45. The number of rotatable bonds is 6. The maximum atomic E-state index is 12.8. The van der Waals surface area contributed by atoms with E-state index in [2.05, 4.69) is 10.1 Å². The van der Waals surface area contributed by atoms with E-state index in [1.54, 1.807) is 12.1 Å². The van der Waals surface area contributed by atoms with Crippen molar-refractivity contribution in [1.82, 2.24) is 5.32 Å². The Bertz CT molecular complexity index is 649. The van der Waals surface area contributed by atoms with Crippen molar-refractivity contribution >= 4 is 11.9 Å². The summed E-state index contributed by atoms with van der Waals surface area (Å²) in [7, 11) is 1.26. The van der Waals surface area contributed by atoms with Gasteiger partial charge in [-0.3, -0.25) is 4.79 Å². The van der Waals surface area contributed by atoms with Gasteiger partial charge in [-0.25, -0.2) is 4.79 Å². The van der Waals surface area contributed by atoms with E-state index in [4.69, 9.17) is 0 Å². The summed E-state index contributed by atoms with van der Waals surface area (Å²) in [6.45, 7) is 0.299. The van der Waals surface area contributed by atoms with E-state index in [0.29, 0.717) is 31.4 Å². The highest BCUT2D eigenvalue weighted by Gasteiger charge is 2.51. The van der Waals surface area contributed by atoms with E-state index in [-0.39, 0.29) is 5.91 Å². The second-order valence-electron chi connectivity index (χ2n) is 5.63. The predicted molar refractivity (Wildman–Crippen MR) is 81.1 cm³/mol. The number of carbonyl (C=O) groups is 2. The molecule has 0 bridgehead atoms. The number of alkyl halides is 3. The van der Waals surface area contributed by atoms with Gasteiger partial charge in [0.25, 0.3) is 0 Å². The lowest BCUT2D eigenvalue weighted by atomic mass is 9.93. The SMILES string of the molecule is COC(=O)/C=C/CCNC(=O)C1(c2cccc(C(F)(F)F)c2)CC1. The number of carbonyl (C=O) groups excluding carboxylic acids is 2. The molecule has 0 unspecified atom stereocenters. The number of ether oxygens (including phenoxy) is 1. The summed E-state index contributed by atoms with van der Waals surface area (Å²) in [4.78, 5) is 23.2. The molecule has 1 aromatic rings. The maximum absolute atomic E-state index is 12.8. The lowest BCUT2D eigenvalue weighted by Crippen LogP contribution is -2.35. The fourth-order valence-corrected chi connectivity index (χ4v) is 2.45. The molecule has 2 rings (SSSR count). The van der Waals surface area contributed by atoms with Gasteiger partial charge >= 0.3 is 12.1 Å².